The molecule has 0 aromatic heterocycles. The van der Waals surface area contributed by atoms with Crippen molar-refractivity contribution in [1.82, 2.24) is 0 Å². The molecule has 0 saturated carbocycles. The van der Waals surface area contributed by atoms with E-state index in [9.17, 15) is 14.4 Å². The summed E-state index contributed by atoms with van der Waals surface area (Å²) in [5.41, 5.74) is 0. The van der Waals surface area contributed by atoms with Crippen LogP contribution in [0.1, 0.15) is 290 Å². The van der Waals surface area contributed by atoms with Crippen LogP contribution in [-0.2, 0) is 28.6 Å². The summed E-state index contributed by atoms with van der Waals surface area (Å²) in [7, 11) is 0. The van der Waals surface area contributed by atoms with E-state index in [1.807, 2.05) is 0 Å². The van der Waals surface area contributed by atoms with Gasteiger partial charge in [-0.25, -0.2) is 0 Å². The summed E-state index contributed by atoms with van der Waals surface area (Å²) in [6.45, 7) is 6.42. The second-order valence-corrected chi connectivity index (χ2v) is 20.2. The van der Waals surface area contributed by atoms with E-state index in [1.54, 1.807) is 0 Å². The van der Waals surface area contributed by atoms with Crippen molar-refractivity contribution in [3.05, 3.63) is 97.2 Å². The Bertz CT molecular complexity index is 1440. The molecule has 0 radical (unpaired) electrons. The predicted molar refractivity (Wildman–Crippen MR) is 316 cm³/mol. The van der Waals surface area contributed by atoms with Crippen molar-refractivity contribution < 1.29 is 28.6 Å². The molecule has 0 aliphatic rings. The van der Waals surface area contributed by atoms with Crippen LogP contribution in [0.4, 0.5) is 0 Å². The van der Waals surface area contributed by atoms with Gasteiger partial charge in [0.25, 0.3) is 0 Å². The van der Waals surface area contributed by atoms with Crippen LogP contribution < -0.4 is 0 Å². The van der Waals surface area contributed by atoms with Gasteiger partial charge in [0.15, 0.2) is 6.10 Å². The predicted octanol–water partition coefficient (Wildman–Crippen LogP) is 20.9. The van der Waals surface area contributed by atoms with Crippen LogP contribution in [0.25, 0.3) is 0 Å². The van der Waals surface area contributed by atoms with Gasteiger partial charge in [-0.1, -0.05) is 272 Å². The Morgan fingerprint density at radius 3 is 0.836 bits per heavy atom. The van der Waals surface area contributed by atoms with Gasteiger partial charge in [-0.3, -0.25) is 14.4 Å². The summed E-state index contributed by atoms with van der Waals surface area (Å²) in [5, 5.41) is 0. The summed E-state index contributed by atoms with van der Waals surface area (Å²) < 4.78 is 16.9. The fourth-order valence-corrected chi connectivity index (χ4v) is 8.54. The van der Waals surface area contributed by atoms with Gasteiger partial charge in [-0.2, -0.15) is 0 Å². The number of rotatable bonds is 55. The molecule has 0 bridgehead atoms. The van der Waals surface area contributed by atoms with Gasteiger partial charge in [0.05, 0.1) is 0 Å². The first kappa shape index (κ1) is 69.3. The largest absolute Gasteiger partial charge is 0.462 e. The number of hydrogen-bond acceptors (Lipinski definition) is 6. The number of unbranched alkanes of at least 4 members (excludes halogenated alkanes) is 28. The normalized spacial score (nSPS) is 12.8. The van der Waals surface area contributed by atoms with Gasteiger partial charge >= 0.3 is 17.9 Å². The fraction of sp³-hybridized carbons (Fsp3) is 0.716. The first-order valence-corrected chi connectivity index (χ1v) is 30.7. The molecular weight excluding hydrogens is 901 g/mol. The molecule has 0 amide bonds. The Hall–Kier alpha value is -3.67. The lowest BCUT2D eigenvalue weighted by molar-refractivity contribution is -0.167. The summed E-state index contributed by atoms with van der Waals surface area (Å²) in [4.78, 5) is 38.3. The van der Waals surface area contributed by atoms with Crippen molar-refractivity contribution in [3.63, 3.8) is 0 Å². The fourth-order valence-electron chi connectivity index (χ4n) is 8.54. The minimum Gasteiger partial charge on any atom is -0.462 e. The second-order valence-electron chi connectivity index (χ2n) is 20.2. The first-order valence-electron chi connectivity index (χ1n) is 30.7. The minimum atomic E-state index is -0.787. The average molecular weight is 1020 g/mol. The molecule has 0 heterocycles. The van der Waals surface area contributed by atoms with E-state index in [1.165, 1.54) is 128 Å². The lowest BCUT2D eigenvalue weighted by atomic mass is 10.0. The quantitative estimate of drug-likeness (QED) is 0.0261. The van der Waals surface area contributed by atoms with Crippen molar-refractivity contribution in [2.75, 3.05) is 13.2 Å². The number of carbonyl (C=O) groups excluding carboxylic acids is 3. The zero-order valence-electron chi connectivity index (χ0n) is 47.9. The van der Waals surface area contributed by atoms with Gasteiger partial charge in [0.2, 0.25) is 0 Å². The van der Waals surface area contributed by atoms with Gasteiger partial charge in [-0.05, 0) is 96.3 Å². The molecule has 418 valence electrons. The zero-order chi connectivity index (χ0) is 52.9. The average Bonchev–Trinajstić information content (AvgIpc) is 3.39. The molecule has 0 fully saturated rings. The molecule has 0 rings (SSSR count). The molecule has 6 nitrogen and oxygen atoms in total. The monoisotopic (exact) mass is 1010 g/mol. The molecule has 0 aliphatic heterocycles. The highest BCUT2D eigenvalue weighted by molar-refractivity contribution is 5.71. The highest BCUT2D eigenvalue weighted by Gasteiger charge is 2.19. The van der Waals surface area contributed by atoms with Crippen LogP contribution in [0.15, 0.2) is 97.2 Å². The van der Waals surface area contributed by atoms with Crippen molar-refractivity contribution in [3.8, 4) is 0 Å². The standard InChI is InChI=1S/C67H114O6/c1-4-7-10-13-16-19-22-25-27-29-31-32-33-34-36-37-39-42-45-48-51-54-57-60-66(69)72-63-64(62-71-65(68)59-56-53-50-47-44-41-24-21-18-15-12-9-6-3)73-67(70)61-58-55-52-49-46-43-40-38-35-30-28-26-23-20-17-14-11-8-5-2/h7-8,10-11,16-17,19-20,25-28,31-32,35,38,64H,4-6,9,12-15,18,21-24,29-30,33-34,36-37,39-63H2,1-3H3/b10-7-,11-8-,19-16-,20-17-,27-25-,28-26-,32-31-,38-35-. The van der Waals surface area contributed by atoms with Gasteiger partial charge in [0.1, 0.15) is 13.2 Å². The lowest BCUT2D eigenvalue weighted by Gasteiger charge is -2.18. The van der Waals surface area contributed by atoms with Crippen LogP contribution in [0.5, 0.6) is 0 Å². The summed E-state index contributed by atoms with van der Waals surface area (Å²) in [6.07, 6.45) is 81.1. The Kier molecular flexibility index (Phi) is 57.8. The molecule has 0 aliphatic carbocycles. The Labute approximate surface area is 451 Å². The molecule has 0 aromatic rings. The lowest BCUT2D eigenvalue weighted by Crippen LogP contribution is -2.30. The van der Waals surface area contributed by atoms with E-state index < -0.39 is 6.10 Å². The Balaban J connectivity index is 4.36. The van der Waals surface area contributed by atoms with Gasteiger partial charge < -0.3 is 14.2 Å². The van der Waals surface area contributed by atoms with Crippen LogP contribution in [0.2, 0.25) is 0 Å². The maximum atomic E-state index is 12.9. The number of ether oxygens (including phenoxy) is 3. The first-order chi connectivity index (χ1) is 36.0. The number of allylic oxidation sites excluding steroid dienone is 16. The third-order valence-corrected chi connectivity index (χ3v) is 13.1. The Morgan fingerprint density at radius 1 is 0.288 bits per heavy atom. The van der Waals surface area contributed by atoms with Crippen molar-refractivity contribution in [2.24, 2.45) is 0 Å². The highest BCUT2D eigenvalue weighted by Crippen LogP contribution is 2.16. The van der Waals surface area contributed by atoms with Crippen LogP contribution in [0.3, 0.4) is 0 Å². The van der Waals surface area contributed by atoms with E-state index in [2.05, 4.69) is 118 Å². The minimum absolute atomic E-state index is 0.0825. The van der Waals surface area contributed by atoms with Gasteiger partial charge in [0, 0.05) is 19.3 Å². The Morgan fingerprint density at radius 2 is 0.534 bits per heavy atom. The van der Waals surface area contributed by atoms with Crippen molar-refractivity contribution in [1.29, 1.82) is 0 Å². The third kappa shape index (κ3) is 59.1. The molecule has 0 N–H and O–H groups in total. The summed E-state index contributed by atoms with van der Waals surface area (Å²) in [5.74, 6) is -0.892. The topological polar surface area (TPSA) is 78.9 Å². The number of carbonyl (C=O) groups is 3. The maximum absolute atomic E-state index is 12.9. The molecule has 1 atom stereocenters. The maximum Gasteiger partial charge on any atom is 0.306 e. The molecule has 0 saturated heterocycles. The van der Waals surface area contributed by atoms with E-state index >= 15 is 0 Å². The second kappa shape index (κ2) is 60.9. The van der Waals surface area contributed by atoms with Crippen LogP contribution >= 0.6 is 0 Å². The SMILES string of the molecule is CC/C=C\C/C=C\C/C=C\C/C=C\CCCCCCCCCCCCC(=O)OCC(COC(=O)CCCCCCCCCCCCCCC)OC(=O)CCCCCCCC/C=C\C/C=C\C/C=C\C/C=C\CC. The number of esters is 3. The van der Waals surface area contributed by atoms with E-state index in [0.717, 1.165) is 122 Å². The third-order valence-electron chi connectivity index (χ3n) is 13.1. The van der Waals surface area contributed by atoms with E-state index in [4.69, 9.17) is 14.2 Å². The van der Waals surface area contributed by atoms with Crippen molar-refractivity contribution >= 4 is 17.9 Å². The molecule has 0 spiro atoms. The molecule has 1 unspecified atom stereocenters. The van der Waals surface area contributed by atoms with Crippen molar-refractivity contribution in [2.45, 2.75) is 297 Å². The zero-order valence-corrected chi connectivity index (χ0v) is 47.9. The van der Waals surface area contributed by atoms with Crippen LogP contribution in [-0.4, -0.2) is 37.2 Å². The molecule has 0 aromatic carbocycles. The van der Waals surface area contributed by atoms with Crippen LogP contribution in [0, 0.1) is 0 Å². The molecule has 73 heavy (non-hydrogen) atoms. The highest BCUT2D eigenvalue weighted by atomic mass is 16.6. The number of hydrogen-bond donors (Lipinski definition) is 0. The van der Waals surface area contributed by atoms with Gasteiger partial charge in [-0.15, -0.1) is 0 Å². The summed E-state index contributed by atoms with van der Waals surface area (Å²) >= 11 is 0. The van der Waals surface area contributed by atoms with E-state index in [0.29, 0.717) is 19.3 Å². The molecule has 6 heteroatoms. The van der Waals surface area contributed by atoms with E-state index in [-0.39, 0.29) is 31.1 Å². The molecular formula is C67H114O6. The summed E-state index contributed by atoms with van der Waals surface area (Å²) in [6, 6.07) is 0. The smallest absolute Gasteiger partial charge is 0.306 e.